The zero-order valence-electron chi connectivity index (χ0n) is 14.2. The third kappa shape index (κ3) is 3.57. The van der Waals surface area contributed by atoms with E-state index in [-0.39, 0.29) is 10.9 Å². The van der Waals surface area contributed by atoms with E-state index < -0.39 is 11.9 Å². The Balaban J connectivity index is 1.68. The van der Waals surface area contributed by atoms with Crippen LogP contribution in [0.2, 0.25) is 0 Å². The van der Waals surface area contributed by atoms with E-state index in [9.17, 15) is 9.59 Å². The third-order valence-electron chi connectivity index (χ3n) is 3.84. The molecule has 0 aliphatic carbocycles. The summed E-state index contributed by atoms with van der Waals surface area (Å²) in [5.41, 5.74) is 2.45. The van der Waals surface area contributed by atoms with Crippen molar-refractivity contribution in [1.29, 1.82) is 0 Å². The number of aryl methyl sites for hydroxylation is 1. The van der Waals surface area contributed by atoms with E-state index in [0.717, 1.165) is 10.9 Å². The van der Waals surface area contributed by atoms with E-state index in [1.807, 2.05) is 25.1 Å². The van der Waals surface area contributed by atoms with E-state index in [1.54, 1.807) is 30.3 Å². The van der Waals surface area contributed by atoms with Gasteiger partial charge >= 0.3 is 5.97 Å². The summed E-state index contributed by atoms with van der Waals surface area (Å²) in [6.07, 6.45) is 0. The number of hydrogen-bond acceptors (Lipinski definition) is 5. The fourth-order valence-corrected chi connectivity index (χ4v) is 2.73. The molecule has 1 aromatic heterocycles. The highest BCUT2D eigenvalue weighted by Gasteiger charge is 2.18. The highest BCUT2D eigenvalue weighted by Crippen LogP contribution is 2.24. The maximum atomic E-state index is 12.4. The summed E-state index contributed by atoms with van der Waals surface area (Å²) in [5.74, 6) is -0.633. The first-order chi connectivity index (χ1) is 12.5. The molecule has 26 heavy (non-hydrogen) atoms. The van der Waals surface area contributed by atoms with E-state index in [4.69, 9.17) is 16.6 Å². The standard InChI is InChI=1S/C19H16N2O4S/c1-11-14-5-3-4-6-15(14)25-16(11)17(22)21-19(26)20-13-9-7-12(8-10-13)18(23)24-2/h3-10H,1-2H3,(H2,20,21,22,26). The largest absolute Gasteiger partial charge is 0.465 e. The Morgan fingerprint density at radius 2 is 1.77 bits per heavy atom. The molecular formula is C19H16N2O4S. The minimum Gasteiger partial charge on any atom is -0.465 e. The number of benzene rings is 2. The summed E-state index contributed by atoms with van der Waals surface area (Å²) in [4.78, 5) is 23.8. The van der Waals surface area contributed by atoms with Crippen LogP contribution in [0.4, 0.5) is 5.69 Å². The number of ether oxygens (including phenoxy) is 1. The van der Waals surface area contributed by atoms with Crippen molar-refractivity contribution in [3.63, 3.8) is 0 Å². The van der Waals surface area contributed by atoms with E-state index in [0.29, 0.717) is 16.8 Å². The highest BCUT2D eigenvalue weighted by molar-refractivity contribution is 7.80. The Morgan fingerprint density at radius 3 is 2.42 bits per heavy atom. The number of carbonyl (C=O) groups excluding carboxylic acids is 2. The van der Waals surface area contributed by atoms with E-state index in [1.165, 1.54) is 7.11 Å². The van der Waals surface area contributed by atoms with Crippen molar-refractivity contribution in [1.82, 2.24) is 5.32 Å². The Hall–Kier alpha value is -3.19. The number of fused-ring (bicyclic) bond motifs is 1. The molecule has 0 radical (unpaired) electrons. The lowest BCUT2D eigenvalue weighted by Crippen LogP contribution is -2.34. The summed E-state index contributed by atoms with van der Waals surface area (Å²) in [6, 6.07) is 14.0. The van der Waals surface area contributed by atoms with Gasteiger partial charge in [0.05, 0.1) is 12.7 Å². The van der Waals surface area contributed by atoms with Crippen LogP contribution >= 0.6 is 12.2 Å². The lowest BCUT2D eigenvalue weighted by molar-refractivity contribution is 0.0600. The average molecular weight is 368 g/mol. The molecule has 6 nitrogen and oxygen atoms in total. The summed E-state index contributed by atoms with van der Waals surface area (Å²) in [7, 11) is 1.32. The number of para-hydroxylation sites is 1. The number of amides is 1. The molecule has 0 spiro atoms. The van der Waals surface area contributed by atoms with Gasteiger partial charge in [0.25, 0.3) is 5.91 Å². The molecule has 0 fully saturated rings. The molecule has 1 amide bonds. The molecule has 132 valence electrons. The zero-order chi connectivity index (χ0) is 18.7. The number of esters is 1. The summed E-state index contributed by atoms with van der Waals surface area (Å²) in [5, 5.41) is 6.49. The van der Waals surface area contributed by atoms with Crippen LogP contribution in [0.25, 0.3) is 11.0 Å². The summed E-state index contributed by atoms with van der Waals surface area (Å²) < 4.78 is 10.3. The monoisotopic (exact) mass is 368 g/mol. The number of hydrogen-bond donors (Lipinski definition) is 2. The molecular weight excluding hydrogens is 352 g/mol. The van der Waals surface area contributed by atoms with Crippen molar-refractivity contribution in [2.45, 2.75) is 6.92 Å². The van der Waals surface area contributed by atoms with Gasteiger partial charge in [0.2, 0.25) is 0 Å². The van der Waals surface area contributed by atoms with Gasteiger partial charge in [-0.1, -0.05) is 18.2 Å². The topological polar surface area (TPSA) is 80.6 Å². The molecule has 0 saturated carbocycles. The molecule has 3 aromatic rings. The van der Waals surface area contributed by atoms with E-state index in [2.05, 4.69) is 15.4 Å². The van der Waals surface area contributed by atoms with Crippen LogP contribution in [-0.4, -0.2) is 24.1 Å². The maximum Gasteiger partial charge on any atom is 0.337 e. The second-order valence-electron chi connectivity index (χ2n) is 5.53. The molecule has 7 heteroatoms. The zero-order valence-corrected chi connectivity index (χ0v) is 15.0. The molecule has 0 aliphatic rings. The van der Waals surface area contributed by atoms with Gasteiger partial charge in [-0.15, -0.1) is 0 Å². The lowest BCUT2D eigenvalue weighted by Gasteiger charge is -2.09. The van der Waals surface area contributed by atoms with Gasteiger partial charge in [-0.3, -0.25) is 10.1 Å². The maximum absolute atomic E-state index is 12.4. The molecule has 0 saturated heterocycles. The van der Waals surface area contributed by atoms with Gasteiger partial charge in [0.1, 0.15) is 5.58 Å². The second-order valence-corrected chi connectivity index (χ2v) is 5.94. The van der Waals surface area contributed by atoms with Crippen LogP contribution in [0.1, 0.15) is 26.5 Å². The first kappa shape index (κ1) is 17.6. The third-order valence-corrected chi connectivity index (χ3v) is 4.04. The van der Waals surface area contributed by atoms with Crippen molar-refractivity contribution in [3.05, 3.63) is 65.4 Å². The smallest absolute Gasteiger partial charge is 0.337 e. The van der Waals surface area contributed by atoms with Crippen molar-refractivity contribution in [2.24, 2.45) is 0 Å². The van der Waals surface area contributed by atoms with Gasteiger partial charge < -0.3 is 14.5 Å². The van der Waals surface area contributed by atoms with Gasteiger partial charge in [0, 0.05) is 16.6 Å². The molecule has 0 unspecified atom stereocenters. The number of methoxy groups -OCH3 is 1. The van der Waals surface area contributed by atoms with Gasteiger partial charge in [-0.25, -0.2) is 4.79 Å². The predicted octanol–water partition coefficient (Wildman–Crippen LogP) is 3.65. The number of nitrogens with one attached hydrogen (secondary N) is 2. The minimum absolute atomic E-state index is 0.126. The fraction of sp³-hybridized carbons (Fsp3) is 0.105. The van der Waals surface area contributed by atoms with Crippen LogP contribution in [0.5, 0.6) is 0 Å². The van der Waals surface area contributed by atoms with Crippen molar-refractivity contribution in [3.8, 4) is 0 Å². The number of thiocarbonyl (C=S) groups is 1. The Labute approximate surface area is 155 Å². The van der Waals surface area contributed by atoms with Crippen LogP contribution in [0.15, 0.2) is 52.9 Å². The Bertz CT molecular complexity index is 992. The molecule has 0 atom stereocenters. The number of rotatable bonds is 3. The first-order valence-electron chi connectivity index (χ1n) is 7.78. The summed E-state index contributed by atoms with van der Waals surface area (Å²) >= 11 is 5.17. The number of carbonyl (C=O) groups is 2. The molecule has 2 N–H and O–H groups in total. The van der Waals surface area contributed by atoms with Gasteiger partial charge in [0.15, 0.2) is 10.9 Å². The van der Waals surface area contributed by atoms with Crippen molar-refractivity contribution >= 4 is 45.9 Å². The summed E-state index contributed by atoms with van der Waals surface area (Å²) in [6.45, 7) is 1.82. The van der Waals surface area contributed by atoms with Crippen LogP contribution in [-0.2, 0) is 4.74 Å². The fourth-order valence-electron chi connectivity index (χ4n) is 2.52. The van der Waals surface area contributed by atoms with Gasteiger partial charge in [-0.2, -0.15) is 0 Å². The van der Waals surface area contributed by atoms with E-state index >= 15 is 0 Å². The minimum atomic E-state index is -0.428. The second kappa shape index (κ2) is 7.37. The number of anilines is 1. The molecule has 3 rings (SSSR count). The number of furan rings is 1. The molecule has 1 heterocycles. The molecule has 0 aliphatic heterocycles. The first-order valence-corrected chi connectivity index (χ1v) is 8.19. The van der Waals surface area contributed by atoms with Crippen LogP contribution < -0.4 is 10.6 Å². The highest BCUT2D eigenvalue weighted by atomic mass is 32.1. The van der Waals surface area contributed by atoms with Crippen LogP contribution in [0, 0.1) is 6.92 Å². The van der Waals surface area contributed by atoms with Crippen molar-refractivity contribution in [2.75, 3.05) is 12.4 Å². The van der Waals surface area contributed by atoms with Crippen molar-refractivity contribution < 1.29 is 18.7 Å². The molecule has 2 aromatic carbocycles. The predicted molar refractivity (Wildman–Crippen MR) is 102 cm³/mol. The Kier molecular flexibility index (Phi) is 4.99. The lowest BCUT2D eigenvalue weighted by atomic mass is 10.1. The quantitative estimate of drug-likeness (QED) is 0.542. The Morgan fingerprint density at radius 1 is 1.08 bits per heavy atom. The van der Waals surface area contributed by atoms with Crippen LogP contribution in [0.3, 0.4) is 0 Å². The average Bonchev–Trinajstić information content (AvgIpc) is 2.99. The normalized spacial score (nSPS) is 10.4. The SMILES string of the molecule is COC(=O)c1ccc(NC(=S)NC(=O)c2oc3ccccc3c2C)cc1. The molecule has 0 bridgehead atoms. The van der Waals surface area contributed by atoms with Gasteiger partial charge in [-0.05, 0) is 49.5 Å².